The van der Waals surface area contributed by atoms with Gasteiger partial charge in [0.25, 0.3) is 0 Å². The van der Waals surface area contributed by atoms with Crippen LogP contribution < -0.4 is 0 Å². The Labute approximate surface area is 127 Å². The van der Waals surface area contributed by atoms with E-state index in [1.165, 1.54) is 18.4 Å². The van der Waals surface area contributed by atoms with Crippen LogP contribution in [-0.2, 0) is 11.2 Å². The van der Waals surface area contributed by atoms with Crippen LogP contribution in [0, 0.1) is 0 Å². The van der Waals surface area contributed by atoms with Crippen LogP contribution in [0.4, 0.5) is 0 Å². The van der Waals surface area contributed by atoms with Gasteiger partial charge in [-0.15, -0.1) is 0 Å². The maximum Gasteiger partial charge on any atom is 0.155 e. The van der Waals surface area contributed by atoms with Crippen LogP contribution in [0.25, 0.3) is 0 Å². The summed E-state index contributed by atoms with van der Waals surface area (Å²) in [5.74, 6) is 0.313. The molecule has 112 valence electrons. The molecular weight excluding hydrogens is 260 g/mol. The highest BCUT2D eigenvalue weighted by molar-refractivity contribution is 5.82. The zero-order chi connectivity index (χ0) is 14.9. The van der Waals surface area contributed by atoms with Gasteiger partial charge in [-0.05, 0) is 12.0 Å². The molecule has 3 nitrogen and oxygen atoms in total. The number of imidazole rings is 1. The van der Waals surface area contributed by atoms with E-state index in [2.05, 4.69) is 24.0 Å². The lowest BCUT2D eigenvalue weighted by Gasteiger charge is -2.17. The summed E-state index contributed by atoms with van der Waals surface area (Å²) in [5, 5.41) is 0. The Balaban J connectivity index is 2.01. The van der Waals surface area contributed by atoms with Crippen molar-refractivity contribution < 1.29 is 4.79 Å². The van der Waals surface area contributed by atoms with Crippen LogP contribution in [0.5, 0.6) is 0 Å². The summed E-state index contributed by atoms with van der Waals surface area (Å²) in [6.07, 6.45) is 11.3. The number of Topliss-reactive ketones (excluding diaryl/α,β-unsaturated/α-hetero) is 1. The van der Waals surface area contributed by atoms with Crippen molar-refractivity contribution in [2.24, 2.45) is 0 Å². The molecule has 0 radical (unpaired) electrons. The van der Waals surface area contributed by atoms with Gasteiger partial charge in [-0.25, -0.2) is 4.98 Å². The molecule has 2 aromatic rings. The second-order valence-electron chi connectivity index (χ2n) is 5.49. The number of benzene rings is 1. The van der Waals surface area contributed by atoms with Crippen molar-refractivity contribution in [1.82, 2.24) is 9.55 Å². The fourth-order valence-electron chi connectivity index (χ4n) is 2.57. The van der Waals surface area contributed by atoms with Crippen LogP contribution in [0.3, 0.4) is 0 Å². The molecule has 1 aromatic heterocycles. The molecule has 21 heavy (non-hydrogen) atoms. The second kappa shape index (κ2) is 8.40. The van der Waals surface area contributed by atoms with Crippen LogP contribution in [-0.4, -0.2) is 15.3 Å². The van der Waals surface area contributed by atoms with Crippen molar-refractivity contribution in [3.63, 3.8) is 0 Å². The molecule has 0 aliphatic heterocycles. The van der Waals surface area contributed by atoms with E-state index in [1.807, 2.05) is 29.0 Å². The van der Waals surface area contributed by atoms with Crippen molar-refractivity contribution in [2.45, 2.75) is 51.5 Å². The molecule has 0 saturated carbocycles. The van der Waals surface area contributed by atoms with E-state index in [1.54, 1.807) is 12.5 Å². The van der Waals surface area contributed by atoms with Gasteiger partial charge in [0.05, 0.1) is 12.4 Å². The Morgan fingerprint density at radius 1 is 1.19 bits per heavy atom. The molecule has 1 heterocycles. The minimum Gasteiger partial charge on any atom is -0.327 e. The predicted molar refractivity (Wildman–Crippen MR) is 85.2 cm³/mol. The molecule has 0 fully saturated rings. The van der Waals surface area contributed by atoms with Crippen LogP contribution in [0.2, 0.25) is 0 Å². The van der Waals surface area contributed by atoms with Crippen molar-refractivity contribution in [3.05, 3.63) is 54.6 Å². The Kier molecular flexibility index (Phi) is 6.20. The molecule has 0 N–H and O–H groups in total. The molecule has 1 aromatic carbocycles. The summed E-state index contributed by atoms with van der Waals surface area (Å²) in [5.41, 5.74) is 1.19. The van der Waals surface area contributed by atoms with Crippen LogP contribution >= 0.6 is 0 Å². The third-order valence-electron chi connectivity index (χ3n) is 3.81. The van der Waals surface area contributed by atoms with Gasteiger partial charge in [0.2, 0.25) is 0 Å². The molecule has 1 atom stereocenters. The fourth-order valence-corrected chi connectivity index (χ4v) is 2.57. The highest BCUT2D eigenvalue weighted by Crippen LogP contribution is 2.18. The zero-order valence-corrected chi connectivity index (χ0v) is 12.7. The summed E-state index contributed by atoms with van der Waals surface area (Å²) in [6, 6.07) is 10.1. The smallest absolute Gasteiger partial charge is 0.155 e. The van der Waals surface area contributed by atoms with E-state index in [4.69, 9.17) is 0 Å². The Morgan fingerprint density at radius 3 is 2.67 bits per heavy atom. The number of rotatable bonds is 9. The fraction of sp³-hybridized carbons (Fsp3) is 0.444. The third kappa shape index (κ3) is 4.85. The highest BCUT2D eigenvalue weighted by atomic mass is 16.1. The van der Waals surface area contributed by atoms with Crippen molar-refractivity contribution >= 4 is 5.78 Å². The number of carbonyl (C=O) groups excluding carboxylic acids is 1. The average molecular weight is 284 g/mol. The number of aromatic nitrogens is 2. The first-order valence-electron chi connectivity index (χ1n) is 7.85. The van der Waals surface area contributed by atoms with Gasteiger partial charge < -0.3 is 4.57 Å². The normalized spacial score (nSPS) is 12.2. The quantitative estimate of drug-likeness (QED) is 0.647. The molecule has 0 spiro atoms. The topological polar surface area (TPSA) is 34.9 Å². The van der Waals surface area contributed by atoms with Gasteiger partial charge in [-0.1, -0.05) is 56.5 Å². The summed E-state index contributed by atoms with van der Waals surface area (Å²) in [6.45, 7) is 2.19. The number of unbranched alkanes of at least 4 members (excludes halogenated alkanes) is 3. The van der Waals surface area contributed by atoms with E-state index >= 15 is 0 Å². The number of ketones is 1. The van der Waals surface area contributed by atoms with Crippen LogP contribution in [0.1, 0.15) is 50.6 Å². The maximum atomic E-state index is 12.6. The van der Waals surface area contributed by atoms with Crippen molar-refractivity contribution in [3.8, 4) is 0 Å². The molecule has 2 rings (SSSR count). The molecule has 0 aliphatic carbocycles. The first-order valence-corrected chi connectivity index (χ1v) is 7.85. The first kappa shape index (κ1) is 15.5. The molecule has 0 aliphatic rings. The largest absolute Gasteiger partial charge is 0.327 e. The summed E-state index contributed by atoms with van der Waals surface area (Å²) >= 11 is 0. The minimum atomic E-state index is -0.128. The maximum absolute atomic E-state index is 12.6. The Bertz CT molecular complexity index is 519. The van der Waals surface area contributed by atoms with E-state index < -0.39 is 0 Å². The molecule has 3 heteroatoms. The second-order valence-corrected chi connectivity index (χ2v) is 5.49. The van der Waals surface area contributed by atoms with Crippen molar-refractivity contribution in [2.75, 3.05) is 0 Å². The SMILES string of the molecule is CCCCCCC(=O)C(Cc1ccccc1)n1ccnc1. The predicted octanol–water partition coefficient (Wildman–Crippen LogP) is 4.21. The number of nitrogens with zero attached hydrogens (tertiary/aromatic N) is 2. The van der Waals surface area contributed by atoms with Gasteiger partial charge in [-0.2, -0.15) is 0 Å². The minimum absolute atomic E-state index is 0.128. The lowest BCUT2D eigenvalue weighted by molar-refractivity contribution is -0.122. The molecule has 0 saturated heterocycles. The lowest BCUT2D eigenvalue weighted by Crippen LogP contribution is -2.20. The molecule has 1 unspecified atom stereocenters. The van der Waals surface area contributed by atoms with Gasteiger partial charge in [0, 0.05) is 25.2 Å². The van der Waals surface area contributed by atoms with E-state index in [9.17, 15) is 4.79 Å². The van der Waals surface area contributed by atoms with E-state index in [0.717, 1.165) is 19.3 Å². The highest BCUT2D eigenvalue weighted by Gasteiger charge is 2.19. The zero-order valence-electron chi connectivity index (χ0n) is 12.7. The third-order valence-corrected chi connectivity index (χ3v) is 3.81. The molecular formula is C18H24N2O. The average Bonchev–Trinajstić information content (AvgIpc) is 3.04. The number of carbonyl (C=O) groups is 1. The summed E-state index contributed by atoms with van der Waals surface area (Å²) in [4.78, 5) is 16.6. The summed E-state index contributed by atoms with van der Waals surface area (Å²) < 4.78 is 1.94. The Hall–Kier alpha value is -1.90. The van der Waals surface area contributed by atoms with E-state index in [0.29, 0.717) is 12.2 Å². The monoisotopic (exact) mass is 284 g/mol. The Morgan fingerprint density at radius 2 is 2.00 bits per heavy atom. The standard InChI is InChI=1S/C18H24N2O/c1-2-3-4-8-11-18(21)17(20-13-12-19-15-20)14-16-9-6-5-7-10-16/h5-7,9-10,12-13,15,17H,2-4,8,11,14H2,1H3. The first-order chi connectivity index (χ1) is 10.3. The van der Waals surface area contributed by atoms with Crippen LogP contribution in [0.15, 0.2) is 49.1 Å². The van der Waals surface area contributed by atoms with Gasteiger partial charge in [0.15, 0.2) is 5.78 Å². The molecule has 0 amide bonds. The van der Waals surface area contributed by atoms with Gasteiger partial charge in [0.1, 0.15) is 0 Å². The number of hydrogen-bond acceptors (Lipinski definition) is 2. The summed E-state index contributed by atoms with van der Waals surface area (Å²) in [7, 11) is 0. The van der Waals surface area contributed by atoms with Gasteiger partial charge >= 0.3 is 0 Å². The van der Waals surface area contributed by atoms with E-state index in [-0.39, 0.29) is 6.04 Å². The number of hydrogen-bond donors (Lipinski definition) is 0. The van der Waals surface area contributed by atoms with Gasteiger partial charge in [-0.3, -0.25) is 4.79 Å². The molecule has 0 bridgehead atoms. The lowest BCUT2D eigenvalue weighted by atomic mass is 9.98. The van der Waals surface area contributed by atoms with Crippen molar-refractivity contribution in [1.29, 1.82) is 0 Å².